The third-order valence-electron chi connectivity index (χ3n) is 3.16. The van der Waals surface area contributed by atoms with Gasteiger partial charge in [-0.05, 0) is 13.0 Å². The Morgan fingerprint density at radius 3 is 3.17 bits per heavy atom. The first-order valence-corrected chi connectivity index (χ1v) is 7.04. The first-order valence-electron chi connectivity index (χ1n) is 6.16. The van der Waals surface area contributed by atoms with Gasteiger partial charge in [-0.1, -0.05) is 18.2 Å². The molecule has 0 bridgehead atoms. The van der Waals surface area contributed by atoms with Crippen LogP contribution in [0.2, 0.25) is 0 Å². The Kier molecular flexibility index (Phi) is 3.30. The molecule has 2 aromatic rings. The van der Waals surface area contributed by atoms with Crippen LogP contribution < -0.4 is 10.1 Å². The fourth-order valence-electron chi connectivity index (χ4n) is 2.26. The fourth-order valence-corrected chi connectivity index (χ4v) is 2.87. The second kappa shape index (κ2) is 5.08. The Labute approximate surface area is 111 Å². The summed E-state index contributed by atoms with van der Waals surface area (Å²) in [6.07, 6.45) is 0. The third-order valence-corrected chi connectivity index (χ3v) is 3.98. The summed E-state index contributed by atoms with van der Waals surface area (Å²) in [5.74, 6) is 1.50. The Morgan fingerprint density at radius 1 is 1.44 bits per heavy atom. The number of aryl methyl sites for hydroxylation is 1. The standard InChI is InChI=1S/C14H16N2OS/c1-10-16-12(9-18-10)7-15-6-11-8-17-14-5-3-2-4-13(11)14/h2-5,9,11,15H,6-8H2,1H3. The van der Waals surface area contributed by atoms with Crippen LogP contribution >= 0.6 is 11.3 Å². The molecule has 1 unspecified atom stereocenters. The number of rotatable bonds is 4. The van der Waals surface area contributed by atoms with Gasteiger partial charge in [-0.2, -0.15) is 0 Å². The molecule has 1 atom stereocenters. The average Bonchev–Trinajstić information content (AvgIpc) is 2.97. The van der Waals surface area contributed by atoms with Gasteiger partial charge in [0.15, 0.2) is 0 Å². The van der Waals surface area contributed by atoms with Crippen molar-refractivity contribution in [3.05, 3.63) is 45.9 Å². The number of aromatic nitrogens is 1. The Balaban J connectivity index is 1.56. The van der Waals surface area contributed by atoms with Crippen molar-refractivity contribution in [3.8, 4) is 5.75 Å². The Hall–Kier alpha value is -1.39. The number of para-hydroxylation sites is 1. The predicted octanol–water partition coefficient (Wildman–Crippen LogP) is 2.72. The summed E-state index contributed by atoms with van der Waals surface area (Å²) >= 11 is 1.70. The minimum absolute atomic E-state index is 0.459. The van der Waals surface area contributed by atoms with Crippen molar-refractivity contribution >= 4 is 11.3 Å². The average molecular weight is 260 g/mol. The van der Waals surface area contributed by atoms with E-state index < -0.39 is 0 Å². The second-order valence-corrected chi connectivity index (χ2v) is 5.60. The van der Waals surface area contributed by atoms with Gasteiger partial charge in [-0.15, -0.1) is 11.3 Å². The molecule has 0 fully saturated rings. The van der Waals surface area contributed by atoms with Gasteiger partial charge in [-0.25, -0.2) is 4.98 Å². The number of nitrogens with zero attached hydrogens (tertiary/aromatic N) is 1. The topological polar surface area (TPSA) is 34.2 Å². The summed E-state index contributed by atoms with van der Waals surface area (Å²) < 4.78 is 5.66. The highest BCUT2D eigenvalue weighted by molar-refractivity contribution is 7.09. The van der Waals surface area contributed by atoms with Crippen LogP contribution in [0.4, 0.5) is 0 Å². The summed E-state index contributed by atoms with van der Waals surface area (Å²) in [5.41, 5.74) is 2.45. The molecule has 1 aromatic heterocycles. The lowest BCUT2D eigenvalue weighted by atomic mass is 10.0. The van der Waals surface area contributed by atoms with Crippen LogP contribution in [-0.4, -0.2) is 18.1 Å². The Bertz CT molecular complexity index is 538. The molecule has 0 saturated carbocycles. The molecule has 1 N–H and O–H groups in total. The van der Waals surface area contributed by atoms with E-state index >= 15 is 0 Å². The molecule has 1 aliphatic rings. The normalized spacial score (nSPS) is 17.5. The number of fused-ring (bicyclic) bond motifs is 1. The molecule has 18 heavy (non-hydrogen) atoms. The van der Waals surface area contributed by atoms with E-state index in [9.17, 15) is 0 Å². The van der Waals surface area contributed by atoms with Gasteiger partial charge in [0, 0.05) is 30.0 Å². The van der Waals surface area contributed by atoms with Crippen molar-refractivity contribution in [2.45, 2.75) is 19.4 Å². The highest BCUT2D eigenvalue weighted by atomic mass is 32.1. The van der Waals surface area contributed by atoms with Gasteiger partial charge in [-0.3, -0.25) is 0 Å². The number of benzene rings is 1. The summed E-state index contributed by atoms with van der Waals surface area (Å²) in [5, 5.41) is 6.70. The Morgan fingerprint density at radius 2 is 2.33 bits per heavy atom. The summed E-state index contributed by atoms with van der Waals surface area (Å²) in [6, 6.07) is 8.29. The smallest absolute Gasteiger partial charge is 0.122 e. The molecule has 0 amide bonds. The molecule has 0 saturated heterocycles. The molecule has 3 rings (SSSR count). The summed E-state index contributed by atoms with van der Waals surface area (Å²) in [7, 11) is 0. The van der Waals surface area contributed by atoms with Crippen LogP contribution in [0.25, 0.3) is 0 Å². The van der Waals surface area contributed by atoms with Gasteiger partial charge in [0.05, 0.1) is 17.3 Å². The van der Waals surface area contributed by atoms with Crippen molar-refractivity contribution in [2.75, 3.05) is 13.2 Å². The number of hydrogen-bond donors (Lipinski definition) is 1. The van der Waals surface area contributed by atoms with Gasteiger partial charge in [0.25, 0.3) is 0 Å². The molecule has 94 valence electrons. The van der Waals surface area contributed by atoms with Crippen molar-refractivity contribution < 1.29 is 4.74 Å². The summed E-state index contributed by atoms with van der Waals surface area (Å²) in [4.78, 5) is 4.44. The summed E-state index contributed by atoms with van der Waals surface area (Å²) in [6.45, 7) is 4.59. The lowest BCUT2D eigenvalue weighted by Gasteiger charge is -2.09. The van der Waals surface area contributed by atoms with Crippen molar-refractivity contribution in [1.29, 1.82) is 0 Å². The van der Waals surface area contributed by atoms with Crippen LogP contribution in [0.15, 0.2) is 29.6 Å². The van der Waals surface area contributed by atoms with Gasteiger partial charge < -0.3 is 10.1 Å². The number of hydrogen-bond acceptors (Lipinski definition) is 4. The van der Waals surface area contributed by atoms with Gasteiger partial charge in [0.1, 0.15) is 5.75 Å². The van der Waals surface area contributed by atoms with E-state index in [4.69, 9.17) is 4.74 Å². The molecule has 0 spiro atoms. The SMILES string of the molecule is Cc1nc(CNCC2COc3ccccc32)cs1. The predicted molar refractivity (Wildman–Crippen MR) is 73.2 cm³/mol. The van der Waals surface area contributed by atoms with E-state index in [2.05, 4.69) is 27.8 Å². The van der Waals surface area contributed by atoms with Crippen molar-refractivity contribution in [1.82, 2.24) is 10.3 Å². The van der Waals surface area contributed by atoms with Crippen LogP contribution in [0.1, 0.15) is 22.2 Å². The quantitative estimate of drug-likeness (QED) is 0.918. The van der Waals surface area contributed by atoms with E-state index in [0.29, 0.717) is 5.92 Å². The van der Waals surface area contributed by atoms with E-state index in [-0.39, 0.29) is 0 Å². The third kappa shape index (κ3) is 2.40. The van der Waals surface area contributed by atoms with E-state index in [1.54, 1.807) is 11.3 Å². The van der Waals surface area contributed by atoms with Crippen LogP contribution in [0, 0.1) is 6.92 Å². The zero-order chi connectivity index (χ0) is 12.4. The molecule has 3 nitrogen and oxygen atoms in total. The van der Waals surface area contributed by atoms with Crippen LogP contribution in [-0.2, 0) is 6.54 Å². The lowest BCUT2D eigenvalue weighted by molar-refractivity contribution is 0.326. The number of thiazole rings is 1. The maximum absolute atomic E-state index is 5.66. The maximum Gasteiger partial charge on any atom is 0.122 e. The minimum atomic E-state index is 0.459. The number of ether oxygens (including phenoxy) is 1. The molecule has 0 aliphatic carbocycles. The van der Waals surface area contributed by atoms with Gasteiger partial charge in [0.2, 0.25) is 0 Å². The molecule has 0 radical (unpaired) electrons. The zero-order valence-corrected chi connectivity index (χ0v) is 11.2. The molecule has 2 heterocycles. The van der Waals surface area contributed by atoms with Crippen LogP contribution in [0.5, 0.6) is 5.75 Å². The second-order valence-electron chi connectivity index (χ2n) is 4.53. The van der Waals surface area contributed by atoms with E-state index in [1.807, 2.05) is 19.1 Å². The van der Waals surface area contributed by atoms with Crippen molar-refractivity contribution in [3.63, 3.8) is 0 Å². The highest BCUT2D eigenvalue weighted by Gasteiger charge is 2.22. The van der Waals surface area contributed by atoms with Crippen molar-refractivity contribution in [2.24, 2.45) is 0 Å². The molecule has 1 aliphatic heterocycles. The first-order chi connectivity index (χ1) is 8.83. The van der Waals surface area contributed by atoms with E-state index in [1.165, 1.54) is 5.56 Å². The monoisotopic (exact) mass is 260 g/mol. The molecular weight excluding hydrogens is 244 g/mol. The molecule has 1 aromatic carbocycles. The maximum atomic E-state index is 5.66. The van der Waals surface area contributed by atoms with E-state index in [0.717, 1.165) is 36.1 Å². The first kappa shape index (κ1) is 11.7. The fraction of sp³-hybridized carbons (Fsp3) is 0.357. The van der Waals surface area contributed by atoms with Crippen LogP contribution in [0.3, 0.4) is 0 Å². The number of nitrogens with one attached hydrogen (secondary N) is 1. The largest absolute Gasteiger partial charge is 0.493 e. The minimum Gasteiger partial charge on any atom is -0.493 e. The zero-order valence-electron chi connectivity index (χ0n) is 10.3. The molecule has 4 heteroatoms. The van der Waals surface area contributed by atoms with Gasteiger partial charge >= 0.3 is 0 Å². The highest BCUT2D eigenvalue weighted by Crippen LogP contribution is 2.32. The molecular formula is C14H16N2OS. The lowest BCUT2D eigenvalue weighted by Crippen LogP contribution is -2.22.